The van der Waals surface area contributed by atoms with Gasteiger partial charge in [-0.15, -0.1) is 0 Å². The second-order valence-corrected chi connectivity index (χ2v) is 8.29. The lowest BCUT2D eigenvalue weighted by Crippen LogP contribution is -2.39. The minimum atomic E-state index is -0.690. The maximum absolute atomic E-state index is 14.1. The number of allylic oxidation sites excluding steroid dienone is 2. The van der Waals surface area contributed by atoms with E-state index in [1.165, 1.54) is 12.1 Å². The standard InChI is InChI=1S/C23H20BrFN2O2/c1-13-20(23(29)27-17-9-3-2-8-16(17)25)21(14-6-4-7-15(24)12-14)22-18(26-13)10-5-11-19(22)28/h2-4,6-9,12,20-21H,5,10-11H2,1H3,(H,27,29)/t20?,21-/m1/s1. The molecule has 2 atom stereocenters. The normalized spacial score (nSPS) is 21.5. The molecule has 0 saturated carbocycles. The molecule has 0 radical (unpaired) electrons. The van der Waals surface area contributed by atoms with E-state index in [4.69, 9.17) is 0 Å². The van der Waals surface area contributed by atoms with Gasteiger partial charge in [-0.1, -0.05) is 40.2 Å². The number of anilines is 1. The third kappa shape index (κ3) is 3.81. The summed E-state index contributed by atoms with van der Waals surface area (Å²) >= 11 is 3.49. The molecule has 2 aliphatic rings. The van der Waals surface area contributed by atoms with Crippen LogP contribution in [0.2, 0.25) is 0 Å². The average molecular weight is 455 g/mol. The number of hydrogen-bond acceptors (Lipinski definition) is 3. The van der Waals surface area contributed by atoms with E-state index < -0.39 is 17.7 Å². The number of halogens is 2. The number of rotatable bonds is 3. The van der Waals surface area contributed by atoms with Gasteiger partial charge in [0.15, 0.2) is 5.78 Å². The van der Waals surface area contributed by atoms with Crippen molar-refractivity contribution in [2.45, 2.75) is 32.1 Å². The number of ketones is 1. The van der Waals surface area contributed by atoms with Crippen molar-refractivity contribution in [1.29, 1.82) is 0 Å². The highest BCUT2D eigenvalue weighted by molar-refractivity contribution is 9.10. The number of carbonyl (C=O) groups is 2. The number of aliphatic imine (C=N–C) groups is 1. The van der Waals surface area contributed by atoms with Gasteiger partial charge in [-0.05, 0) is 49.6 Å². The Balaban J connectivity index is 1.79. The smallest absolute Gasteiger partial charge is 0.234 e. The van der Waals surface area contributed by atoms with E-state index in [0.717, 1.165) is 28.6 Å². The molecule has 2 aromatic rings. The molecule has 1 aliphatic carbocycles. The third-order valence-electron chi connectivity index (χ3n) is 5.46. The summed E-state index contributed by atoms with van der Waals surface area (Å²) in [6.07, 6.45) is 1.95. The van der Waals surface area contributed by atoms with Crippen LogP contribution >= 0.6 is 15.9 Å². The number of hydrogen-bond donors (Lipinski definition) is 1. The molecule has 0 spiro atoms. The number of Topliss-reactive ketones (excluding diaryl/α,β-unsaturated/α-hetero) is 1. The monoisotopic (exact) mass is 454 g/mol. The second-order valence-electron chi connectivity index (χ2n) is 7.37. The molecule has 29 heavy (non-hydrogen) atoms. The van der Waals surface area contributed by atoms with Crippen LogP contribution in [0.5, 0.6) is 0 Å². The largest absolute Gasteiger partial charge is 0.323 e. The van der Waals surface area contributed by atoms with Gasteiger partial charge in [0.1, 0.15) is 5.82 Å². The molecule has 1 N–H and O–H groups in total. The fraction of sp³-hybridized carbons (Fsp3) is 0.261. The first-order valence-electron chi connectivity index (χ1n) is 9.58. The van der Waals surface area contributed by atoms with E-state index in [2.05, 4.69) is 26.2 Å². The Morgan fingerprint density at radius 3 is 2.72 bits per heavy atom. The predicted molar refractivity (Wildman–Crippen MR) is 114 cm³/mol. The summed E-state index contributed by atoms with van der Waals surface area (Å²) < 4.78 is 15.0. The summed E-state index contributed by atoms with van der Waals surface area (Å²) in [6.45, 7) is 1.81. The van der Waals surface area contributed by atoms with Gasteiger partial charge in [0.25, 0.3) is 0 Å². The number of nitrogens with one attached hydrogen (secondary N) is 1. The van der Waals surface area contributed by atoms with Gasteiger partial charge in [0.2, 0.25) is 5.91 Å². The molecular formula is C23H20BrFN2O2. The van der Waals surface area contributed by atoms with Gasteiger partial charge in [0.05, 0.1) is 11.6 Å². The molecule has 4 nitrogen and oxygen atoms in total. The molecular weight excluding hydrogens is 435 g/mol. The minimum absolute atomic E-state index is 0.0381. The van der Waals surface area contributed by atoms with Crippen molar-refractivity contribution in [3.8, 4) is 0 Å². The molecule has 6 heteroatoms. The number of para-hydroxylation sites is 1. The maximum Gasteiger partial charge on any atom is 0.234 e. The molecule has 1 amide bonds. The predicted octanol–water partition coefficient (Wildman–Crippen LogP) is 5.41. The SMILES string of the molecule is CC1=NC2=C(C(=O)CCC2)[C@H](c2cccc(Br)c2)C1C(=O)Nc1ccccc1F. The lowest BCUT2D eigenvalue weighted by atomic mass is 9.71. The van der Waals surface area contributed by atoms with Crippen LogP contribution in [0.1, 0.15) is 37.7 Å². The van der Waals surface area contributed by atoms with E-state index in [0.29, 0.717) is 17.7 Å². The third-order valence-corrected chi connectivity index (χ3v) is 5.95. The Hall–Kier alpha value is -2.60. The first-order chi connectivity index (χ1) is 14.0. The maximum atomic E-state index is 14.1. The summed E-state index contributed by atoms with van der Waals surface area (Å²) in [5.74, 6) is -1.97. The van der Waals surface area contributed by atoms with Crippen molar-refractivity contribution in [2.75, 3.05) is 5.32 Å². The van der Waals surface area contributed by atoms with Gasteiger partial charge >= 0.3 is 0 Å². The molecule has 0 bridgehead atoms. The fourth-order valence-corrected chi connectivity index (χ4v) is 4.60. The first kappa shape index (κ1) is 19.7. The van der Waals surface area contributed by atoms with E-state index in [-0.39, 0.29) is 17.4 Å². The molecule has 4 rings (SSSR count). The molecule has 2 aromatic carbocycles. The van der Waals surface area contributed by atoms with Crippen molar-refractivity contribution in [1.82, 2.24) is 0 Å². The van der Waals surface area contributed by atoms with Crippen LogP contribution in [0, 0.1) is 11.7 Å². The van der Waals surface area contributed by atoms with Crippen LogP contribution in [0.4, 0.5) is 10.1 Å². The van der Waals surface area contributed by atoms with Gasteiger partial charge in [-0.3, -0.25) is 14.6 Å². The molecule has 1 unspecified atom stereocenters. The molecule has 1 aliphatic heterocycles. The Labute approximate surface area is 177 Å². The summed E-state index contributed by atoms with van der Waals surface area (Å²) in [7, 11) is 0. The Kier molecular flexibility index (Phi) is 5.46. The summed E-state index contributed by atoms with van der Waals surface area (Å²) in [4.78, 5) is 30.8. The molecule has 0 fully saturated rings. The highest BCUT2D eigenvalue weighted by Gasteiger charge is 2.42. The molecule has 1 heterocycles. The van der Waals surface area contributed by atoms with Crippen LogP contribution < -0.4 is 5.32 Å². The van der Waals surface area contributed by atoms with Gasteiger partial charge in [0, 0.05) is 33.8 Å². The number of carbonyl (C=O) groups excluding carboxylic acids is 2. The van der Waals surface area contributed by atoms with Crippen LogP contribution in [-0.2, 0) is 9.59 Å². The van der Waals surface area contributed by atoms with E-state index in [1.54, 1.807) is 19.1 Å². The van der Waals surface area contributed by atoms with Crippen LogP contribution in [0.25, 0.3) is 0 Å². The Morgan fingerprint density at radius 2 is 1.97 bits per heavy atom. The number of amides is 1. The van der Waals surface area contributed by atoms with Crippen molar-refractivity contribution < 1.29 is 14.0 Å². The zero-order valence-corrected chi connectivity index (χ0v) is 17.5. The number of nitrogens with zero attached hydrogens (tertiary/aromatic N) is 1. The van der Waals surface area contributed by atoms with Crippen LogP contribution in [0.15, 0.2) is 69.3 Å². The lowest BCUT2D eigenvalue weighted by Gasteiger charge is -2.35. The lowest BCUT2D eigenvalue weighted by molar-refractivity contribution is -0.119. The van der Waals surface area contributed by atoms with Crippen LogP contribution in [0.3, 0.4) is 0 Å². The molecule has 148 valence electrons. The second kappa shape index (κ2) is 8.03. The quantitative estimate of drug-likeness (QED) is 0.673. The molecule has 0 saturated heterocycles. The molecule has 0 aromatic heterocycles. The minimum Gasteiger partial charge on any atom is -0.323 e. The zero-order valence-electron chi connectivity index (χ0n) is 15.9. The Bertz CT molecular complexity index is 1060. The van der Waals surface area contributed by atoms with Crippen molar-refractivity contribution in [3.63, 3.8) is 0 Å². The van der Waals surface area contributed by atoms with Crippen molar-refractivity contribution in [3.05, 3.63) is 75.7 Å². The number of benzene rings is 2. The summed E-state index contributed by atoms with van der Waals surface area (Å²) in [6, 6.07) is 13.7. The topological polar surface area (TPSA) is 58.5 Å². The highest BCUT2D eigenvalue weighted by Crippen LogP contribution is 2.44. The van der Waals surface area contributed by atoms with E-state index in [1.807, 2.05) is 24.3 Å². The fourth-order valence-electron chi connectivity index (χ4n) is 4.18. The summed E-state index contributed by atoms with van der Waals surface area (Å²) in [5, 5.41) is 2.69. The van der Waals surface area contributed by atoms with Crippen molar-refractivity contribution >= 4 is 39.0 Å². The first-order valence-corrected chi connectivity index (χ1v) is 10.4. The van der Waals surface area contributed by atoms with Crippen LogP contribution in [-0.4, -0.2) is 17.4 Å². The average Bonchev–Trinajstić information content (AvgIpc) is 2.69. The van der Waals surface area contributed by atoms with Gasteiger partial charge in [-0.2, -0.15) is 0 Å². The summed E-state index contributed by atoms with van der Waals surface area (Å²) in [5.41, 5.74) is 3.02. The van der Waals surface area contributed by atoms with Gasteiger partial charge in [-0.25, -0.2) is 4.39 Å². The Morgan fingerprint density at radius 1 is 1.17 bits per heavy atom. The van der Waals surface area contributed by atoms with E-state index >= 15 is 0 Å². The zero-order chi connectivity index (χ0) is 20.5. The van der Waals surface area contributed by atoms with Gasteiger partial charge < -0.3 is 5.32 Å². The highest BCUT2D eigenvalue weighted by atomic mass is 79.9. The van der Waals surface area contributed by atoms with Crippen molar-refractivity contribution in [2.24, 2.45) is 10.9 Å². The van der Waals surface area contributed by atoms with E-state index in [9.17, 15) is 14.0 Å².